The number of aromatic carboxylic acids is 1. The zero-order valence-electron chi connectivity index (χ0n) is 8.81. The molecule has 0 saturated carbocycles. The van der Waals surface area contributed by atoms with E-state index < -0.39 is 5.97 Å². The summed E-state index contributed by atoms with van der Waals surface area (Å²) in [5, 5.41) is 11.5. The van der Waals surface area contributed by atoms with E-state index in [1.54, 1.807) is 12.3 Å². The van der Waals surface area contributed by atoms with Gasteiger partial charge in [-0.15, -0.1) is 11.3 Å². The maximum absolute atomic E-state index is 10.8. The van der Waals surface area contributed by atoms with Crippen molar-refractivity contribution in [2.45, 2.75) is 16.8 Å². The predicted octanol–water partition coefficient (Wildman–Crippen LogP) is 4.06. The Kier molecular flexibility index (Phi) is 3.86. The van der Waals surface area contributed by atoms with E-state index in [0.717, 1.165) is 20.0 Å². The van der Waals surface area contributed by atoms with Crippen molar-refractivity contribution in [3.05, 3.63) is 38.6 Å². The summed E-state index contributed by atoms with van der Waals surface area (Å²) in [6, 6.07) is 3.58. The molecule has 3 nitrogen and oxygen atoms in total. The van der Waals surface area contributed by atoms with Crippen LogP contribution in [0.5, 0.6) is 0 Å². The van der Waals surface area contributed by atoms with Gasteiger partial charge in [0.25, 0.3) is 0 Å². The number of hydrogen-bond acceptors (Lipinski definition) is 4. The second-order valence-corrected chi connectivity index (χ2v) is 6.07. The van der Waals surface area contributed by atoms with Crippen LogP contribution in [-0.4, -0.2) is 16.1 Å². The number of nitrogens with zero attached hydrogens (tertiary/aromatic N) is 1. The molecular formula is C11H8BrNO2S2. The molecule has 0 aromatic carbocycles. The van der Waals surface area contributed by atoms with Crippen molar-refractivity contribution in [3.8, 4) is 0 Å². The fraction of sp³-hybridized carbons (Fsp3) is 0.0909. The fourth-order valence-corrected chi connectivity index (χ4v) is 3.44. The number of thiophene rings is 1. The molecule has 0 saturated heterocycles. The number of carbonyl (C=O) groups is 1. The summed E-state index contributed by atoms with van der Waals surface area (Å²) in [4.78, 5) is 16.3. The first-order chi connectivity index (χ1) is 8.08. The highest BCUT2D eigenvalue weighted by Gasteiger charge is 2.10. The van der Waals surface area contributed by atoms with Gasteiger partial charge in [-0.05, 0) is 40.5 Å². The Bertz CT molecular complexity index is 568. The SMILES string of the molecule is Cc1ccnc(Sc2csc(C(=O)O)c2)c1Br. The number of carboxylic acid groups (broad SMARTS) is 1. The molecule has 0 aliphatic carbocycles. The molecule has 88 valence electrons. The van der Waals surface area contributed by atoms with E-state index >= 15 is 0 Å². The van der Waals surface area contributed by atoms with Crippen LogP contribution < -0.4 is 0 Å². The monoisotopic (exact) mass is 329 g/mol. The number of carboxylic acids is 1. The Hall–Kier alpha value is -0.850. The van der Waals surface area contributed by atoms with E-state index in [1.807, 2.05) is 18.4 Å². The fourth-order valence-electron chi connectivity index (χ4n) is 1.18. The average Bonchev–Trinajstić information content (AvgIpc) is 2.73. The summed E-state index contributed by atoms with van der Waals surface area (Å²) in [7, 11) is 0. The van der Waals surface area contributed by atoms with E-state index in [9.17, 15) is 4.79 Å². The van der Waals surface area contributed by atoms with Crippen molar-refractivity contribution in [3.63, 3.8) is 0 Å². The zero-order chi connectivity index (χ0) is 12.4. The first kappa shape index (κ1) is 12.6. The van der Waals surface area contributed by atoms with Crippen molar-refractivity contribution in [1.29, 1.82) is 0 Å². The van der Waals surface area contributed by atoms with Crippen molar-refractivity contribution < 1.29 is 9.90 Å². The van der Waals surface area contributed by atoms with Crippen molar-refractivity contribution in [1.82, 2.24) is 4.98 Å². The molecule has 0 unspecified atom stereocenters. The summed E-state index contributed by atoms with van der Waals surface area (Å²) in [5.41, 5.74) is 1.11. The number of aromatic nitrogens is 1. The molecule has 0 bridgehead atoms. The maximum atomic E-state index is 10.8. The minimum absolute atomic E-state index is 0.344. The predicted molar refractivity (Wildman–Crippen MR) is 72.1 cm³/mol. The molecule has 0 fully saturated rings. The molecule has 0 radical (unpaired) electrons. The molecule has 2 rings (SSSR count). The summed E-state index contributed by atoms with van der Waals surface area (Å²) in [5.74, 6) is -0.891. The standard InChI is InChI=1S/C11H8BrNO2S2/c1-6-2-3-13-10(9(6)12)17-7-4-8(11(14)15)16-5-7/h2-5H,1H3,(H,14,15). The minimum Gasteiger partial charge on any atom is -0.477 e. The Labute approximate surface area is 115 Å². The lowest BCUT2D eigenvalue weighted by Crippen LogP contribution is -1.90. The van der Waals surface area contributed by atoms with Crippen LogP contribution in [0.4, 0.5) is 0 Å². The molecule has 17 heavy (non-hydrogen) atoms. The normalized spacial score (nSPS) is 10.5. The van der Waals surface area contributed by atoms with Crippen LogP contribution in [0.15, 0.2) is 38.1 Å². The average molecular weight is 330 g/mol. The third-order valence-electron chi connectivity index (χ3n) is 2.05. The lowest BCUT2D eigenvalue weighted by Gasteiger charge is -2.03. The summed E-state index contributed by atoms with van der Waals surface area (Å²) >= 11 is 6.16. The summed E-state index contributed by atoms with van der Waals surface area (Å²) in [6.45, 7) is 1.99. The highest BCUT2D eigenvalue weighted by Crippen LogP contribution is 2.35. The highest BCUT2D eigenvalue weighted by molar-refractivity contribution is 9.10. The molecule has 2 aromatic rings. The molecule has 0 atom stereocenters. The number of aryl methyl sites for hydroxylation is 1. The van der Waals surface area contributed by atoms with Gasteiger partial charge in [-0.25, -0.2) is 9.78 Å². The van der Waals surface area contributed by atoms with Gasteiger partial charge < -0.3 is 5.11 Å². The van der Waals surface area contributed by atoms with Gasteiger partial charge >= 0.3 is 5.97 Å². The van der Waals surface area contributed by atoms with Gasteiger partial charge in [0.2, 0.25) is 0 Å². The molecule has 6 heteroatoms. The van der Waals surface area contributed by atoms with Gasteiger partial charge in [-0.3, -0.25) is 0 Å². The molecule has 1 N–H and O–H groups in total. The van der Waals surface area contributed by atoms with Crippen molar-refractivity contribution in [2.75, 3.05) is 0 Å². The van der Waals surface area contributed by atoms with Crippen LogP contribution in [0.25, 0.3) is 0 Å². The van der Waals surface area contributed by atoms with E-state index in [0.29, 0.717) is 4.88 Å². The first-order valence-corrected chi connectivity index (χ1v) is 7.17. The largest absolute Gasteiger partial charge is 0.477 e. The van der Waals surface area contributed by atoms with Crippen molar-refractivity contribution >= 4 is 45.0 Å². The number of hydrogen-bond donors (Lipinski definition) is 1. The van der Waals surface area contributed by atoms with Gasteiger partial charge in [-0.2, -0.15) is 0 Å². The van der Waals surface area contributed by atoms with Gasteiger partial charge in [-0.1, -0.05) is 11.8 Å². The molecule has 0 aliphatic heterocycles. The number of halogens is 1. The molecule has 0 spiro atoms. The number of rotatable bonds is 3. The van der Waals surface area contributed by atoms with Crippen LogP contribution >= 0.6 is 39.0 Å². The van der Waals surface area contributed by atoms with Crippen LogP contribution in [0, 0.1) is 6.92 Å². The van der Waals surface area contributed by atoms with Gasteiger partial charge in [0.05, 0.1) is 4.47 Å². The third-order valence-corrected chi connectivity index (χ3v) is 5.36. The highest BCUT2D eigenvalue weighted by atomic mass is 79.9. The molecule has 0 aliphatic rings. The second-order valence-electron chi connectivity index (χ2n) is 3.30. The van der Waals surface area contributed by atoms with Crippen LogP contribution in [-0.2, 0) is 0 Å². The van der Waals surface area contributed by atoms with E-state index in [-0.39, 0.29) is 0 Å². The Morgan fingerprint density at radius 3 is 3.00 bits per heavy atom. The molecule has 2 heterocycles. The van der Waals surface area contributed by atoms with Crippen LogP contribution in [0.1, 0.15) is 15.2 Å². The molecular weight excluding hydrogens is 322 g/mol. The smallest absolute Gasteiger partial charge is 0.345 e. The number of pyridine rings is 1. The maximum Gasteiger partial charge on any atom is 0.345 e. The topological polar surface area (TPSA) is 50.2 Å². The van der Waals surface area contributed by atoms with Crippen LogP contribution in [0.3, 0.4) is 0 Å². The van der Waals surface area contributed by atoms with E-state index in [4.69, 9.17) is 5.11 Å². The third kappa shape index (κ3) is 2.88. The second kappa shape index (κ2) is 5.20. The molecule has 2 aromatic heterocycles. The van der Waals surface area contributed by atoms with Gasteiger partial charge in [0.1, 0.15) is 9.90 Å². The Morgan fingerprint density at radius 1 is 1.59 bits per heavy atom. The van der Waals surface area contributed by atoms with Crippen LogP contribution in [0.2, 0.25) is 0 Å². The lowest BCUT2D eigenvalue weighted by atomic mass is 10.3. The summed E-state index contributed by atoms with van der Waals surface area (Å²) in [6.07, 6.45) is 1.74. The first-order valence-electron chi connectivity index (χ1n) is 4.68. The van der Waals surface area contributed by atoms with E-state index in [1.165, 1.54) is 23.1 Å². The Balaban J connectivity index is 2.25. The van der Waals surface area contributed by atoms with Gasteiger partial charge in [0, 0.05) is 16.5 Å². The van der Waals surface area contributed by atoms with Gasteiger partial charge in [0.15, 0.2) is 0 Å². The lowest BCUT2D eigenvalue weighted by molar-refractivity contribution is 0.0702. The van der Waals surface area contributed by atoms with Crippen molar-refractivity contribution in [2.24, 2.45) is 0 Å². The van der Waals surface area contributed by atoms with E-state index in [2.05, 4.69) is 20.9 Å². The Morgan fingerprint density at radius 2 is 2.35 bits per heavy atom. The quantitative estimate of drug-likeness (QED) is 0.922. The summed E-state index contributed by atoms with van der Waals surface area (Å²) < 4.78 is 0.952. The molecule has 0 amide bonds. The zero-order valence-corrected chi connectivity index (χ0v) is 12.0. The minimum atomic E-state index is -0.891.